The molecule has 0 aliphatic rings. The third kappa shape index (κ3) is 174. The maximum absolute atomic E-state index is 9.53. The van der Waals surface area contributed by atoms with Crippen LogP contribution < -0.4 is 20.4 Å². The van der Waals surface area contributed by atoms with E-state index in [2.05, 4.69) is 0 Å². The molecule has 0 aromatic rings. The van der Waals surface area contributed by atoms with Crippen LogP contribution in [0.4, 0.5) is 0 Å². The van der Waals surface area contributed by atoms with Crippen LogP contribution in [0.1, 0.15) is 76.2 Å². The fourth-order valence-electron chi connectivity index (χ4n) is 0.479. The van der Waals surface area contributed by atoms with E-state index in [1.54, 1.807) is 55.4 Å². The van der Waals surface area contributed by atoms with Crippen molar-refractivity contribution in [2.24, 2.45) is 0 Å². The van der Waals surface area contributed by atoms with E-state index in [0.717, 1.165) is 0 Å². The Balaban J connectivity index is -0.0000000552. The van der Waals surface area contributed by atoms with Gasteiger partial charge in [0.15, 0.2) is 0 Å². The topological polar surface area (TPSA) is 120 Å². The Kier molecular flexibility index (Phi) is 58.0. The van der Waals surface area contributed by atoms with Gasteiger partial charge in [0, 0.05) is 0 Å². The summed E-state index contributed by atoms with van der Waals surface area (Å²) >= 11 is -1.99. The Morgan fingerprint density at radius 3 is 0.704 bits per heavy atom. The standard InChI is InChI=1S/4C3H7O.3C2H5O.H4Si.Ti/c4*1-3(2)4;3*1-2-3;;/h4*3H,1-2H3;3*2H2,1H3;1H4;/q7*-1;;+7. The van der Waals surface area contributed by atoms with E-state index in [1.807, 2.05) is 20.8 Å². The maximum atomic E-state index is 9.53. The van der Waals surface area contributed by atoms with Gasteiger partial charge in [0.05, 0.1) is 0 Å². The van der Waals surface area contributed by atoms with Crippen molar-refractivity contribution in [1.29, 1.82) is 0 Å². The quantitative estimate of drug-likeness (QED) is 0.477. The predicted molar refractivity (Wildman–Crippen MR) is 107 cm³/mol. The van der Waals surface area contributed by atoms with E-state index in [4.69, 9.17) is 9.96 Å². The van der Waals surface area contributed by atoms with Crippen LogP contribution in [-0.4, -0.2) is 55.2 Å². The van der Waals surface area contributed by atoms with Crippen LogP contribution in [0, 0.1) is 0 Å². The third-order valence-electron chi connectivity index (χ3n) is 0.787. The van der Waals surface area contributed by atoms with E-state index in [1.165, 1.54) is 0 Å². The van der Waals surface area contributed by atoms with Crippen LogP contribution in [0.25, 0.3) is 0 Å². The molecule has 0 atom stereocenters. The molecular weight excluding hydrogens is 404 g/mol. The molecule has 0 aromatic heterocycles. The van der Waals surface area contributed by atoms with Crippen molar-refractivity contribution in [3.8, 4) is 0 Å². The number of hydrogen-bond acceptors (Lipinski definition) is 7. The summed E-state index contributed by atoms with van der Waals surface area (Å²) < 4.78 is 15.7. The van der Waals surface area contributed by atoms with Crippen molar-refractivity contribution in [3.05, 3.63) is 0 Å². The van der Waals surface area contributed by atoms with Gasteiger partial charge in [-0.1, -0.05) is 55.4 Å². The molecule has 0 amide bonds. The van der Waals surface area contributed by atoms with Crippen molar-refractivity contribution >= 4 is 11.0 Å². The fourth-order valence-corrected chi connectivity index (χ4v) is 1.97. The van der Waals surface area contributed by atoms with E-state index >= 15 is 0 Å². The minimum Gasteiger partial charge on any atom is -0.0149 e. The molecule has 9 heteroatoms. The Morgan fingerprint density at radius 1 is 0.519 bits per heavy atom. The van der Waals surface area contributed by atoms with Crippen molar-refractivity contribution < 1.29 is 49.4 Å². The normalized spacial score (nSPS) is 8.67. The predicted octanol–water partition coefficient (Wildman–Crippen LogP) is -0.972. The first-order valence-corrected chi connectivity index (χ1v) is 11.1. The molecule has 0 fully saturated rings. The summed E-state index contributed by atoms with van der Waals surface area (Å²) in [4.78, 5) is 0. The molecule has 0 saturated carbocycles. The van der Waals surface area contributed by atoms with Crippen molar-refractivity contribution in [2.45, 2.75) is 101 Å². The molecule has 0 rings (SSSR count). The van der Waals surface area contributed by atoms with Crippen molar-refractivity contribution in [2.75, 3.05) is 19.8 Å². The van der Waals surface area contributed by atoms with Crippen molar-refractivity contribution in [3.63, 3.8) is 0 Å². The van der Waals surface area contributed by atoms with Gasteiger partial charge in [0.1, 0.15) is 0 Å². The van der Waals surface area contributed by atoms with Gasteiger partial charge in [-0.15, -0.1) is 24.4 Å². The minimum absolute atomic E-state index is 0. The zero-order valence-electron chi connectivity index (χ0n) is 18.8. The van der Waals surface area contributed by atoms with Gasteiger partial charge in [-0.25, -0.2) is 0 Å². The van der Waals surface area contributed by atoms with Gasteiger partial charge >= 0.3 is 69.6 Å². The minimum atomic E-state index is -1.99. The number of hydrogen-bond donors (Lipinski definition) is 0. The van der Waals surface area contributed by atoms with Crippen LogP contribution >= 0.6 is 0 Å². The SMILES string of the molecule is CC(C)[O-].CC(C)[O-].CC(C)[O-].CC(C)[O-].CC[O][Ti+4]([O]CC)[O]CC.[SiH4]. The van der Waals surface area contributed by atoms with E-state index < -0.39 is 43.5 Å². The van der Waals surface area contributed by atoms with Gasteiger partial charge in [-0.05, 0) is 11.0 Å². The maximum Gasteiger partial charge on any atom is -0.0149 e. The third-order valence-corrected chi connectivity index (χ3v) is 3.24. The molecule has 0 spiro atoms. The summed E-state index contributed by atoms with van der Waals surface area (Å²) in [6.07, 6.45) is -1.67. The Bertz CT molecular complexity index is 161. The Labute approximate surface area is 180 Å². The average molecular weight is 452 g/mol. The van der Waals surface area contributed by atoms with Crippen LogP contribution in [0.5, 0.6) is 0 Å². The fraction of sp³-hybridized carbons (Fsp3) is 1.00. The van der Waals surface area contributed by atoms with Gasteiger partial charge in [0.2, 0.25) is 0 Å². The van der Waals surface area contributed by atoms with Crippen LogP contribution in [0.15, 0.2) is 0 Å². The van der Waals surface area contributed by atoms with E-state index in [9.17, 15) is 20.4 Å². The van der Waals surface area contributed by atoms with Gasteiger partial charge in [0.25, 0.3) is 0 Å². The molecule has 169 valence electrons. The number of rotatable bonds is 6. The molecule has 27 heavy (non-hydrogen) atoms. The van der Waals surface area contributed by atoms with Crippen LogP contribution in [-0.2, 0) is 29.0 Å². The van der Waals surface area contributed by atoms with E-state index in [-0.39, 0.29) is 11.0 Å². The second-order valence-electron chi connectivity index (χ2n) is 5.74. The molecule has 0 heterocycles. The van der Waals surface area contributed by atoms with Gasteiger partial charge < -0.3 is 20.4 Å². The molecule has 0 unspecified atom stereocenters. The first-order chi connectivity index (χ1) is 11.8. The molecular formula is C18H47O7SiTi. The molecule has 0 aromatic carbocycles. The van der Waals surface area contributed by atoms with Gasteiger partial charge in [-0.2, -0.15) is 0 Å². The molecule has 0 saturated heterocycles. The zero-order valence-corrected chi connectivity index (χ0v) is 20.4. The Hall–Kier alpha value is 0.651. The first-order valence-electron chi connectivity index (χ1n) is 9.16. The summed E-state index contributed by atoms with van der Waals surface area (Å²) in [6, 6.07) is 0. The smallest absolute Gasteiger partial charge is 0.0149 e. The summed E-state index contributed by atoms with van der Waals surface area (Å²) in [5.41, 5.74) is 0. The van der Waals surface area contributed by atoms with Crippen LogP contribution in [0.3, 0.4) is 0 Å². The second-order valence-corrected chi connectivity index (χ2v) is 7.88. The summed E-state index contributed by atoms with van der Waals surface area (Å²) in [5.74, 6) is 0. The monoisotopic (exact) mass is 451 g/mol. The average Bonchev–Trinajstić information content (AvgIpc) is 2.36. The Morgan fingerprint density at radius 2 is 0.630 bits per heavy atom. The summed E-state index contributed by atoms with van der Waals surface area (Å²) in [5, 5.41) is 38.1. The van der Waals surface area contributed by atoms with Gasteiger partial charge in [-0.3, -0.25) is 0 Å². The van der Waals surface area contributed by atoms with E-state index in [0.29, 0.717) is 19.8 Å². The van der Waals surface area contributed by atoms with Crippen LogP contribution in [0.2, 0.25) is 0 Å². The zero-order chi connectivity index (χ0) is 22.1. The molecule has 0 aliphatic heterocycles. The molecule has 0 N–H and O–H groups in total. The molecule has 0 bridgehead atoms. The van der Waals surface area contributed by atoms with Crippen molar-refractivity contribution in [1.82, 2.24) is 0 Å². The second kappa shape index (κ2) is 37.4. The summed E-state index contributed by atoms with van der Waals surface area (Å²) in [6.45, 7) is 20.8. The first kappa shape index (κ1) is 41.9. The molecule has 0 aliphatic carbocycles. The largest absolute Gasteiger partial charge is 0.0149 e. The molecule has 0 radical (unpaired) electrons. The summed E-state index contributed by atoms with van der Waals surface area (Å²) in [7, 11) is 0. The molecule has 7 nitrogen and oxygen atoms in total.